The van der Waals surface area contributed by atoms with E-state index in [4.69, 9.17) is 9.15 Å². The predicted octanol–water partition coefficient (Wildman–Crippen LogP) is 4.81. The van der Waals surface area contributed by atoms with Crippen LogP contribution in [0.15, 0.2) is 44.0 Å². The molecule has 3 aromatic rings. The van der Waals surface area contributed by atoms with Gasteiger partial charge in [-0.3, -0.25) is 9.69 Å². The Morgan fingerprint density at radius 1 is 1.10 bits per heavy atom. The summed E-state index contributed by atoms with van der Waals surface area (Å²) in [5.74, 6) is 0.647. The molecule has 0 unspecified atom stereocenters. The summed E-state index contributed by atoms with van der Waals surface area (Å²) in [4.78, 5) is 18.0. The molecule has 0 radical (unpaired) electrons. The average Bonchev–Trinajstić information content (AvgIpc) is 2.72. The standard InChI is InChI=1S/C24H29BrN2O3/c1-16(2)27-10-8-26(9-11-27)7-4-12-29-22-14-17(3)13-20-23(28)19-6-5-18(25)15-21(19)30-24(20)22/h5-6,13-16H,4,7-12H2,1-3H3. The highest BCUT2D eigenvalue weighted by Crippen LogP contribution is 2.30. The van der Waals surface area contributed by atoms with E-state index in [0.29, 0.717) is 40.3 Å². The van der Waals surface area contributed by atoms with E-state index in [2.05, 4.69) is 39.6 Å². The molecule has 0 N–H and O–H groups in total. The first-order chi connectivity index (χ1) is 14.4. The van der Waals surface area contributed by atoms with Gasteiger partial charge in [-0.1, -0.05) is 15.9 Å². The third kappa shape index (κ3) is 4.56. The SMILES string of the molecule is Cc1cc(OCCCN2CCN(C(C)C)CC2)c2oc3cc(Br)ccc3c(=O)c2c1. The largest absolute Gasteiger partial charge is 0.490 e. The molecule has 0 amide bonds. The fourth-order valence-corrected chi connectivity index (χ4v) is 4.46. The van der Waals surface area contributed by atoms with Crippen LogP contribution in [-0.2, 0) is 0 Å². The lowest BCUT2D eigenvalue weighted by molar-refractivity contribution is 0.104. The lowest BCUT2D eigenvalue weighted by atomic mass is 10.1. The van der Waals surface area contributed by atoms with Gasteiger partial charge in [0.1, 0.15) is 5.58 Å². The first-order valence-corrected chi connectivity index (χ1v) is 11.5. The van der Waals surface area contributed by atoms with Crippen molar-refractivity contribution in [3.8, 4) is 5.75 Å². The average molecular weight is 473 g/mol. The van der Waals surface area contributed by atoms with Crippen LogP contribution in [-0.4, -0.2) is 55.2 Å². The first-order valence-electron chi connectivity index (χ1n) is 10.7. The molecule has 0 bridgehead atoms. The van der Waals surface area contributed by atoms with E-state index in [1.807, 2.05) is 31.2 Å². The Balaban J connectivity index is 1.46. The number of rotatable bonds is 6. The van der Waals surface area contributed by atoms with E-state index in [1.54, 1.807) is 6.07 Å². The molecule has 30 heavy (non-hydrogen) atoms. The Hall–Kier alpha value is -1.89. The van der Waals surface area contributed by atoms with Gasteiger partial charge in [0.15, 0.2) is 11.3 Å². The molecule has 0 atom stereocenters. The van der Waals surface area contributed by atoms with Gasteiger partial charge in [0, 0.05) is 43.2 Å². The normalized spacial score (nSPS) is 16.0. The van der Waals surface area contributed by atoms with Crippen molar-refractivity contribution in [3.05, 3.63) is 50.6 Å². The van der Waals surface area contributed by atoms with Crippen LogP contribution in [0.2, 0.25) is 0 Å². The van der Waals surface area contributed by atoms with Gasteiger partial charge in [0.05, 0.1) is 17.4 Å². The molecule has 0 aliphatic carbocycles. The molecule has 0 spiro atoms. The number of ether oxygens (including phenoxy) is 1. The second kappa shape index (κ2) is 9.08. The van der Waals surface area contributed by atoms with Crippen LogP contribution in [0.4, 0.5) is 0 Å². The summed E-state index contributed by atoms with van der Waals surface area (Å²) in [5.41, 5.74) is 2.07. The lowest BCUT2D eigenvalue weighted by Crippen LogP contribution is -2.49. The number of hydrogen-bond acceptors (Lipinski definition) is 5. The fraction of sp³-hybridized carbons (Fsp3) is 0.458. The van der Waals surface area contributed by atoms with Crippen LogP contribution >= 0.6 is 15.9 Å². The van der Waals surface area contributed by atoms with Crippen LogP contribution in [0.5, 0.6) is 5.75 Å². The molecule has 5 nitrogen and oxygen atoms in total. The van der Waals surface area contributed by atoms with E-state index < -0.39 is 0 Å². The van der Waals surface area contributed by atoms with Gasteiger partial charge < -0.3 is 14.1 Å². The molecule has 1 fully saturated rings. The minimum absolute atomic E-state index is 0.0182. The summed E-state index contributed by atoms with van der Waals surface area (Å²) in [5, 5.41) is 1.16. The van der Waals surface area contributed by atoms with Crippen LogP contribution in [0.1, 0.15) is 25.8 Å². The van der Waals surface area contributed by atoms with Gasteiger partial charge in [0.25, 0.3) is 0 Å². The van der Waals surface area contributed by atoms with Crippen molar-refractivity contribution >= 4 is 37.9 Å². The summed E-state index contributed by atoms with van der Waals surface area (Å²) >= 11 is 3.45. The molecular formula is C24H29BrN2O3. The van der Waals surface area contributed by atoms with Crippen LogP contribution in [0.25, 0.3) is 21.9 Å². The monoisotopic (exact) mass is 472 g/mol. The van der Waals surface area contributed by atoms with E-state index in [-0.39, 0.29) is 5.43 Å². The molecule has 160 valence electrons. The summed E-state index contributed by atoms with van der Waals surface area (Å²) in [6, 6.07) is 9.94. The number of hydrogen-bond donors (Lipinski definition) is 0. The van der Waals surface area contributed by atoms with Gasteiger partial charge in [-0.15, -0.1) is 0 Å². The molecule has 1 saturated heterocycles. The van der Waals surface area contributed by atoms with Crippen LogP contribution in [0, 0.1) is 6.92 Å². The third-order valence-corrected chi connectivity index (χ3v) is 6.35. The Labute approximate surface area is 185 Å². The number of halogens is 1. The third-order valence-electron chi connectivity index (χ3n) is 5.86. The number of fused-ring (bicyclic) bond motifs is 2. The summed E-state index contributed by atoms with van der Waals surface area (Å²) < 4.78 is 13.1. The highest BCUT2D eigenvalue weighted by Gasteiger charge is 2.18. The summed E-state index contributed by atoms with van der Waals surface area (Å²) in [7, 11) is 0. The molecule has 2 heterocycles. The van der Waals surface area contributed by atoms with E-state index in [0.717, 1.165) is 49.2 Å². The van der Waals surface area contributed by atoms with Crippen molar-refractivity contribution in [1.29, 1.82) is 0 Å². The molecular weight excluding hydrogens is 444 g/mol. The molecule has 1 aromatic heterocycles. The lowest BCUT2D eigenvalue weighted by Gasteiger charge is -2.36. The van der Waals surface area contributed by atoms with Crippen LogP contribution in [0.3, 0.4) is 0 Å². The topological polar surface area (TPSA) is 45.9 Å². The van der Waals surface area contributed by atoms with Crippen molar-refractivity contribution in [2.75, 3.05) is 39.3 Å². The smallest absolute Gasteiger partial charge is 0.200 e. The molecule has 6 heteroatoms. The zero-order valence-corrected chi connectivity index (χ0v) is 19.5. The second-order valence-corrected chi connectivity index (χ2v) is 9.30. The van der Waals surface area contributed by atoms with E-state index in [9.17, 15) is 4.79 Å². The van der Waals surface area contributed by atoms with Crippen LogP contribution < -0.4 is 10.2 Å². The molecule has 2 aromatic carbocycles. The van der Waals surface area contributed by atoms with Gasteiger partial charge in [-0.05, 0) is 63.1 Å². The number of piperazine rings is 1. The summed E-state index contributed by atoms with van der Waals surface area (Å²) in [6.07, 6.45) is 0.945. The maximum Gasteiger partial charge on any atom is 0.200 e. The van der Waals surface area contributed by atoms with Crippen molar-refractivity contribution in [2.45, 2.75) is 33.2 Å². The zero-order chi connectivity index (χ0) is 21.3. The van der Waals surface area contributed by atoms with Gasteiger partial charge in [-0.25, -0.2) is 0 Å². The Morgan fingerprint density at radius 3 is 2.60 bits per heavy atom. The second-order valence-electron chi connectivity index (χ2n) is 8.38. The maximum absolute atomic E-state index is 13.0. The maximum atomic E-state index is 13.0. The quantitative estimate of drug-likeness (QED) is 0.380. The molecule has 4 rings (SSSR count). The highest BCUT2D eigenvalue weighted by atomic mass is 79.9. The minimum atomic E-state index is -0.0182. The molecule has 1 aliphatic heterocycles. The first kappa shape index (κ1) is 21.3. The Kier molecular flexibility index (Phi) is 6.46. The minimum Gasteiger partial charge on any atom is -0.490 e. The van der Waals surface area contributed by atoms with Crippen molar-refractivity contribution in [3.63, 3.8) is 0 Å². The van der Waals surface area contributed by atoms with Gasteiger partial charge in [-0.2, -0.15) is 0 Å². The van der Waals surface area contributed by atoms with Crippen molar-refractivity contribution < 1.29 is 9.15 Å². The van der Waals surface area contributed by atoms with E-state index in [1.165, 1.54) is 0 Å². The summed E-state index contributed by atoms with van der Waals surface area (Å²) in [6.45, 7) is 12.6. The molecule has 1 aliphatic rings. The highest BCUT2D eigenvalue weighted by molar-refractivity contribution is 9.10. The van der Waals surface area contributed by atoms with Gasteiger partial charge in [0.2, 0.25) is 5.43 Å². The van der Waals surface area contributed by atoms with Gasteiger partial charge >= 0.3 is 0 Å². The predicted molar refractivity (Wildman–Crippen MR) is 126 cm³/mol. The number of benzene rings is 2. The fourth-order valence-electron chi connectivity index (χ4n) is 4.12. The molecule has 0 saturated carbocycles. The van der Waals surface area contributed by atoms with Crippen molar-refractivity contribution in [2.24, 2.45) is 0 Å². The Morgan fingerprint density at radius 2 is 1.87 bits per heavy atom. The van der Waals surface area contributed by atoms with Crippen molar-refractivity contribution in [1.82, 2.24) is 9.80 Å². The van der Waals surface area contributed by atoms with E-state index >= 15 is 0 Å². The number of aryl methyl sites for hydroxylation is 1. The zero-order valence-electron chi connectivity index (χ0n) is 17.9. The number of nitrogens with zero attached hydrogens (tertiary/aromatic N) is 2. The Bertz CT molecular complexity index is 1100.